The van der Waals surface area contributed by atoms with E-state index in [0.717, 1.165) is 81.1 Å². The van der Waals surface area contributed by atoms with E-state index in [4.69, 9.17) is 4.74 Å². The van der Waals surface area contributed by atoms with Gasteiger partial charge in [0.1, 0.15) is 17.3 Å². The van der Waals surface area contributed by atoms with Crippen molar-refractivity contribution in [1.29, 1.82) is 0 Å². The molecule has 33 heavy (non-hydrogen) atoms. The number of ether oxygens (including phenoxy) is 1. The molecule has 4 aliphatic rings. The van der Waals surface area contributed by atoms with Crippen LogP contribution in [0.15, 0.2) is 6.33 Å². The van der Waals surface area contributed by atoms with E-state index in [-0.39, 0.29) is 17.4 Å². The van der Waals surface area contributed by atoms with Crippen molar-refractivity contribution < 1.29 is 14.6 Å². The maximum absolute atomic E-state index is 12.5. The number of aryl methyl sites for hydroxylation is 1. The standard InChI is InChI=1S/C25H34N4O3S/c1-24(31)14-25(24)10-9-18-21(25)20-22(26-15-27-23(20)33-18)32-17-7-5-16(6-8-17)28(2)13-19(30)29-11-3-4-12-29/h15-17,31H,3-14H2,1-2H3/t16-,17-,24-,25?/m0/s1. The largest absolute Gasteiger partial charge is 0.474 e. The molecule has 3 aliphatic carbocycles. The van der Waals surface area contributed by atoms with E-state index in [1.165, 1.54) is 10.4 Å². The second kappa shape index (κ2) is 7.89. The number of likely N-dealkylation sites (tertiary alicyclic amines) is 1. The number of carbonyl (C=O) groups is 1. The van der Waals surface area contributed by atoms with E-state index in [1.807, 2.05) is 11.8 Å². The molecule has 1 aliphatic heterocycles. The van der Waals surface area contributed by atoms with Crippen molar-refractivity contribution in [2.24, 2.45) is 0 Å². The average Bonchev–Trinajstić information content (AvgIpc) is 3.29. The first-order valence-electron chi connectivity index (χ1n) is 12.5. The molecule has 1 N–H and O–H groups in total. The second-order valence-electron chi connectivity index (χ2n) is 10.8. The summed E-state index contributed by atoms with van der Waals surface area (Å²) in [5.74, 6) is 0.968. The lowest BCUT2D eigenvalue weighted by molar-refractivity contribution is -0.131. The molecule has 2 aromatic rings. The Balaban J connectivity index is 1.13. The van der Waals surface area contributed by atoms with Crippen molar-refractivity contribution in [3.63, 3.8) is 0 Å². The van der Waals surface area contributed by atoms with Crippen LogP contribution >= 0.6 is 11.3 Å². The number of amides is 1. The van der Waals surface area contributed by atoms with Gasteiger partial charge in [0, 0.05) is 29.4 Å². The molecule has 0 bridgehead atoms. The van der Waals surface area contributed by atoms with E-state index in [9.17, 15) is 9.90 Å². The molecule has 2 saturated carbocycles. The Bertz CT molecular complexity index is 1070. The van der Waals surface area contributed by atoms with Crippen molar-refractivity contribution in [2.75, 3.05) is 26.7 Å². The summed E-state index contributed by atoms with van der Waals surface area (Å²) >= 11 is 1.74. The number of nitrogens with zero attached hydrogens (tertiary/aromatic N) is 4. The Morgan fingerprint density at radius 3 is 2.70 bits per heavy atom. The fourth-order valence-corrected chi connectivity index (χ4v) is 7.83. The normalized spacial score (nSPS) is 33.3. The number of carbonyl (C=O) groups excluding carboxylic acids is 1. The zero-order chi connectivity index (χ0) is 22.8. The van der Waals surface area contributed by atoms with Gasteiger partial charge in [0.05, 0.1) is 17.5 Å². The summed E-state index contributed by atoms with van der Waals surface area (Å²) in [7, 11) is 2.09. The molecule has 178 valence electrons. The van der Waals surface area contributed by atoms with E-state index in [1.54, 1.807) is 17.7 Å². The first kappa shape index (κ1) is 21.7. The Labute approximate surface area is 199 Å². The van der Waals surface area contributed by atoms with Crippen LogP contribution in [0.3, 0.4) is 0 Å². The molecule has 2 atom stereocenters. The summed E-state index contributed by atoms with van der Waals surface area (Å²) in [5, 5.41) is 11.9. The van der Waals surface area contributed by atoms with Gasteiger partial charge in [-0.15, -0.1) is 11.3 Å². The van der Waals surface area contributed by atoms with Crippen LogP contribution in [0, 0.1) is 0 Å². The van der Waals surface area contributed by atoms with Crippen LogP contribution in [-0.2, 0) is 16.6 Å². The smallest absolute Gasteiger partial charge is 0.236 e. The van der Waals surface area contributed by atoms with Gasteiger partial charge in [-0.3, -0.25) is 9.69 Å². The summed E-state index contributed by atoms with van der Waals surface area (Å²) in [6, 6.07) is 0.428. The van der Waals surface area contributed by atoms with E-state index in [2.05, 4.69) is 21.9 Å². The second-order valence-corrected chi connectivity index (χ2v) is 11.9. The summed E-state index contributed by atoms with van der Waals surface area (Å²) in [6.07, 6.45) is 10.9. The number of thiophene rings is 1. The monoisotopic (exact) mass is 470 g/mol. The van der Waals surface area contributed by atoms with Crippen LogP contribution in [0.2, 0.25) is 0 Å². The number of rotatable bonds is 5. The van der Waals surface area contributed by atoms with Crippen LogP contribution in [0.5, 0.6) is 5.88 Å². The number of aromatic nitrogens is 2. The highest BCUT2D eigenvalue weighted by Crippen LogP contribution is 2.67. The maximum atomic E-state index is 12.5. The van der Waals surface area contributed by atoms with E-state index < -0.39 is 5.60 Å². The number of aliphatic hydroxyl groups is 1. The molecular formula is C25H34N4O3S. The summed E-state index contributed by atoms with van der Waals surface area (Å²) in [5.41, 5.74) is 0.497. The van der Waals surface area contributed by atoms with Crippen molar-refractivity contribution in [2.45, 2.75) is 87.9 Å². The number of hydrogen-bond donors (Lipinski definition) is 1. The number of hydrogen-bond acceptors (Lipinski definition) is 7. The van der Waals surface area contributed by atoms with Crippen molar-refractivity contribution >= 4 is 27.5 Å². The summed E-state index contributed by atoms with van der Waals surface area (Å²) in [4.78, 5) is 28.2. The Hall–Kier alpha value is -1.77. The molecule has 1 spiro atoms. The molecule has 3 fully saturated rings. The van der Waals surface area contributed by atoms with Crippen LogP contribution in [0.4, 0.5) is 0 Å². The van der Waals surface area contributed by atoms with Crippen LogP contribution < -0.4 is 4.74 Å². The molecule has 1 unspecified atom stereocenters. The zero-order valence-electron chi connectivity index (χ0n) is 19.7. The topological polar surface area (TPSA) is 78.8 Å². The van der Waals surface area contributed by atoms with E-state index >= 15 is 0 Å². The molecule has 0 aromatic carbocycles. The minimum Gasteiger partial charge on any atom is -0.474 e. The quantitative estimate of drug-likeness (QED) is 0.723. The Morgan fingerprint density at radius 2 is 2.00 bits per heavy atom. The number of fused-ring (bicyclic) bond motifs is 4. The third kappa shape index (κ3) is 3.56. The van der Waals surface area contributed by atoms with Gasteiger partial charge in [0.15, 0.2) is 0 Å². The first-order valence-corrected chi connectivity index (χ1v) is 13.3. The van der Waals surface area contributed by atoms with Gasteiger partial charge >= 0.3 is 0 Å². The van der Waals surface area contributed by atoms with Crippen molar-refractivity contribution in [3.8, 4) is 5.88 Å². The minimum atomic E-state index is -0.630. The average molecular weight is 471 g/mol. The fourth-order valence-electron chi connectivity index (χ4n) is 6.61. The van der Waals surface area contributed by atoms with Crippen LogP contribution in [-0.4, -0.2) is 75.2 Å². The fraction of sp³-hybridized carbons (Fsp3) is 0.720. The van der Waals surface area contributed by atoms with Gasteiger partial charge in [0.2, 0.25) is 11.8 Å². The molecule has 8 heteroatoms. The molecule has 0 radical (unpaired) electrons. The van der Waals surface area contributed by atoms with Crippen molar-refractivity contribution in [1.82, 2.24) is 19.8 Å². The molecule has 1 amide bonds. The molecular weight excluding hydrogens is 436 g/mol. The van der Waals surface area contributed by atoms with Crippen LogP contribution in [0.1, 0.15) is 68.7 Å². The highest BCUT2D eigenvalue weighted by Gasteiger charge is 2.68. The van der Waals surface area contributed by atoms with Crippen molar-refractivity contribution in [3.05, 3.63) is 16.8 Å². The summed E-state index contributed by atoms with van der Waals surface area (Å²) in [6.45, 7) is 4.32. The Morgan fingerprint density at radius 1 is 1.27 bits per heavy atom. The van der Waals surface area contributed by atoms with Gasteiger partial charge < -0.3 is 14.7 Å². The Kier molecular flexibility index (Phi) is 5.20. The van der Waals surface area contributed by atoms with Gasteiger partial charge in [-0.05, 0) is 77.3 Å². The van der Waals surface area contributed by atoms with Gasteiger partial charge in [-0.2, -0.15) is 0 Å². The highest BCUT2D eigenvalue weighted by molar-refractivity contribution is 7.19. The summed E-state index contributed by atoms with van der Waals surface area (Å²) < 4.78 is 6.51. The van der Waals surface area contributed by atoms with Crippen LogP contribution in [0.25, 0.3) is 10.2 Å². The lowest BCUT2D eigenvalue weighted by Crippen LogP contribution is -2.44. The number of likely N-dealkylation sites (N-methyl/N-ethyl adjacent to an activating group) is 1. The zero-order valence-corrected chi connectivity index (χ0v) is 20.5. The van der Waals surface area contributed by atoms with Gasteiger partial charge in [0.25, 0.3) is 0 Å². The third-order valence-electron chi connectivity index (χ3n) is 8.72. The molecule has 3 heterocycles. The highest BCUT2D eigenvalue weighted by atomic mass is 32.1. The maximum Gasteiger partial charge on any atom is 0.236 e. The van der Waals surface area contributed by atoms with Gasteiger partial charge in [-0.25, -0.2) is 9.97 Å². The molecule has 2 aromatic heterocycles. The lowest BCUT2D eigenvalue weighted by Gasteiger charge is -2.35. The predicted molar refractivity (Wildman–Crippen MR) is 128 cm³/mol. The molecule has 1 saturated heterocycles. The molecule has 7 nitrogen and oxygen atoms in total. The van der Waals surface area contributed by atoms with Gasteiger partial charge in [-0.1, -0.05) is 0 Å². The SMILES string of the molecule is CN(CC(=O)N1CCCC1)[C@H]1CC[C@H](Oc2ncnc3sc4c(c23)C2(CC4)C[C@]2(C)O)CC1. The predicted octanol–water partition coefficient (Wildman–Crippen LogP) is 3.27. The first-order chi connectivity index (χ1) is 15.9. The minimum absolute atomic E-state index is 0.133. The lowest BCUT2D eigenvalue weighted by atomic mass is 9.91. The third-order valence-corrected chi connectivity index (χ3v) is 9.88. The van der Waals surface area contributed by atoms with E-state index in [0.29, 0.717) is 18.5 Å². The molecule has 6 rings (SSSR count).